The number of benzene rings is 2. The molecule has 0 saturated carbocycles. The lowest BCUT2D eigenvalue weighted by atomic mass is 10.0. The zero-order chi connectivity index (χ0) is 18.9. The summed E-state index contributed by atoms with van der Waals surface area (Å²) >= 11 is 6.11. The van der Waals surface area contributed by atoms with Crippen LogP contribution in [0.5, 0.6) is 0 Å². The summed E-state index contributed by atoms with van der Waals surface area (Å²) in [6.45, 7) is 6.15. The quantitative estimate of drug-likeness (QED) is 0.884. The van der Waals surface area contributed by atoms with Gasteiger partial charge in [-0.1, -0.05) is 48.0 Å². The van der Waals surface area contributed by atoms with E-state index in [0.29, 0.717) is 12.4 Å². The van der Waals surface area contributed by atoms with Crippen LogP contribution in [-0.4, -0.2) is 54.9 Å². The lowest BCUT2D eigenvalue weighted by molar-refractivity contribution is -0.123. The number of halogens is 1. The zero-order valence-electron chi connectivity index (χ0n) is 15.4. The van der Waals surface area contributed by atoms with E-state index in [1.165, 1.54) is 0 Å². The molecule has 2 aliphatic heterocycles. The Morgan fingerprint density at radius 1 is 1.07 bits per heavy atom. The number of carbonyl (C=O) groups excluding carboxylic acids is 1. The third-order valence-corrected chi connectivity index (χ3v) is 5.44. The molecule has 0 radical (unpaired) electrons. The Morgan fingerprint density at radius 2 is 1.81 bits per heavy atom. The van der Waals surface area contributed by atoms with Crippen molar-refractivity contribution < 1.29 is 4.79 Å². The summed E-state index contributed by atoms with van der Waals surface area (Å²) in [5.41, 5.74) is 1.35. The van der Waals surface area contributed by atoms with Gasteiger partial charge in [-0.3, -0.25) is 9.69 Å². The molecule has 2 aliphatic rings. The maximum atomic E-state index is 12.6. The van der Waals surface area contributed by atoms with Gasteiger partial charge in [-0.25, -0.2) is 4.99 Å². The highest BCUT2D eigenvalue weighted by Crippen LogP contribution is 2.24. The van der Waals surface area contributed by atoms with Gasteiger partial charge in [-0.15, -0.1) is 0 Å². The topological polar surface area (TPSA) is 47.9 Å². The van der Waals surface area contributed by atoms with Crippen molar-refractivity contribution in [1.29, 1.82) is 0 Å². The third kappa shape index (κ3) is 3.84. The molecule has 1 unspecified atom stereocenters. The average molecular weight is 383 g/mol. The second kappa shape index (κ2) is 7.33. The summed E-state index contributed by atoms with van der Waals surface area (Å²) in [7, 11) is 0. The van der Waals surface area contributed by atoms with Crippen LogP contribution in [-0.2, 0) is 4.79 Å². The largest absolute Gasteiger partial charge is 0.369 e. The fraction of sp³-hybridized carbons (Fsp3) is 0.333. The number of hydrogen-bond acceptors (Lipinski definition) is 4. The number of nitrogens with zero attached hydrogens (tertiary/aromatic N) is 3. The van der Waals surface area contributed by atoms with Crippen LogP contribution in [0.15, 0.2) is 59.6 Å². The molecule has 0 spiro atoms. The normalized spacial score (nSPS) is 23.3. The van der Waals surface area contributed by atoms with Crippen LogP contribution in [0, 0.1) is 0 Å². The number of nitrogens with one attached hydrogen (secondary N) is 1. The average Bonchev–Trinajstić information content (AvgIpc) is 2.98. The summed E-state index contributed by atoms with van der Waals surface area (Å²) < 4.78 is 0. The van der Waals surface area contributed by atoms with E-state index in [1.54, 1.807) is 0 Å². The highest BCUT2D eigenvalue weighted by Gasteiger charge is 2.41. The number of carbonyl (C=O) groups is 1. The third-order valence-electron chi connectivity index (χ3n) is 5.20. The maximum Gasteiger partial charge on any atom is 0.254 e. The van der Waals surface area contributed by atoms with Gasteiger partial charge in [0.25, 0.3) is 5.91 Å². The minimum atomic E-state index is -0.747. The minimum Gasteiger partial charge on any atom is -0.369 e. The second-order valence-electron chi connectivity index (χ2n) is 7.30. The summed E-state index contributed by atoms with van der Waals surface area (Å²) in [5.74, 6) is 0.638. The van der Waals surface area contributed by atoms with Crippen molar-refractivity contribution in [2.75, 3.05) is 37.6 Å². The number of anilines is 1. The number of amidine groups is 1. The van der Waals surface area contributed by atoms with Gasteiger partial charge in [0, 0.05) is 49.0 Å². The Kier molecular flexibility index (Phi) is 4.89. The predicted octanol–water partition coefficient (Wildman–Crippen LogP) is 2.80. The number of rotatable bonds is 4. The molecule has 1 amide bonds. The Morgan fingerprint density at radius 3 is 2.52 bits per heavy atom. The number of aliphatic imine (C=N–C) groups is 1. The van der Waals surface area contributed by atoms with E-state index < -0.39 is 5.54 Å². The summed E-state index contributed by atoms with van der Waals surface area (Å²) in [4.78, 5) is 22.0. The van der Waals surface area contributed by atoms with Crippen molar-refractivity contribution in [3.05, 3.63) is 65.2 Å². The first-order chi connectivity index (χ1) is 13.0. The molecule has 4 rings (SSSR count). The monoisotopic (exact) mass is 382 g/mol. The molecule has 2 aromatic carbocycles. The van der Waals surface area contributed by atoms with Crippen molar-refractivity contribution in [3.8, 4) is 0 Å². The fourth-order valence-corrected chi connectivity index (χ4v) is 3.86. The van der Waals surface area contributed by atoms with Crippen molar-refractivity contribution in [2.24, 2.45) is 4.99 Å². The zero-order valence-corrected chi connectivity index (χ0v) is 16.1. The molecular formula is C21H23ClN4O. The molecule has 0 bridgehead atoms. The molecule has 0 aromatic heterocycles. The van der Waals surface area contributed by atoms with Crippen LogP contribution in [0.1, 0.15) is 12.5 Å². The Balaban J connectivity index is 1.41. The molecule has 1 saturated heterocycles. The Bertz CT molecular complexity index is 861. The first-order valence-electron chi connectivity index (χ1n) is 9.23. The molecule has 6 heteroatoms. The maximum absolute atomic E-state index is 12.6. The summed E-state index contributed by atoms with van der Waals surface area (Å²) in [6, 6.07) is 17.8. The lowest BCUT2D eigenvalue weighted by Crippen LogP contribution is -2.53. The standard InChI is InChI=1S/C21H23ClN4O/c1-21(20(27)23-19(24-21)16-6-3-2-4-7-16)15-25-10-12-26(13-11-25)18-9-5-8-17(22)14-18/h2-9,14H,10-13,15H2,1H3,(H,23,24,27). The molecule has 1 N–H and O–H groups in total. The van der Waals surface area contributed by atoms with Crippen LogP contribution in [0.2, 0.25) is 5.02 Å². The molecule has 27 heavy (non-hydrogen) atoms. The number of piperazine rings is 1. The number of amides is 1. The lowest BCUT2D eigenvalue weighted by Gasteiger charge is -2.38. The first kappa shape index (κ1) is 18.0. The molecule has 5 nitrogen and oxygen atoms in total. The molecule has 1 atom stereocenters. The molecule has 2 aromatic rings. The highest BCUT2D eigenvalue weighted by atomic mass is 35.5. The van der Waals surface area contributed by atoms with Crippen LogP contribution >= 0.6 is 11.6 Å². The number of hydrogen-bond donors (Lipinski definition) is 1. The van der Waals surface area contributed by atoms with E-state index in [9.17, 15) is 4.79 Å². The van der Waals surface area contributed by atoms with E-state index in [0.717, 1.165) is 42.5 Å². The van der Waals surface area contributed by atoms with E-state index in [4.69, 9.17) is 16.6 Å². The van der Waals surface area contributed by atoms with Gasteiger partial charge in [0.1, 0.15) is 5.84 Å². The van der Waals surface area contributed by atoms with Crippen LogP contribution < -0.4 is 10.2 Å². The van der Waals surface area contributed by atoms with E-state index in [2.05, 4.69) is 21.2 Å². The van der Waals surface area contributed by atoms with Gasteiger partial charge in [0.15, 0.2) is 5.54 Å². The van der Waals surface area contributed by atoms with E-state index in [-0.39, 0.29) is 5.91 Å². The van der Waals surface area contributed by atoms with Crippen LogP contribution in [0.25, 0.3) is 0 Å². The fourth-order valence-electron chi connectivity index (χ4n) is 3.68. The summed E-state index contributed by atoms with van der Waals surface area (Å²) in [6.07, 6.45) is 0. The van der Waals surface area contributed by atoms with Crippen molar-refractivity contribution in [1.82, 2.24) is 10.2 Å². The van der Waals surface area contributed by atoms with Gasteiger partial charge < -0.3 is 10.2 Å². The van der Waals surface area contributed by atoms with E-state index >= 15 is 0 Å². The minimum absolute atomic E-state index is 0.0291. The highest BCUT2D eigenvalue weighted by molar-refractivity contribution is 6.30. The van der Waals surface area contributed by atoms with Crippen LogP contribution in [0.4, 0.5) is 5.69 Å². The molecule has 0 aliphatic carbocycles. The smallest absolute Gasteiger partial charge is 0.254 e. The first-order valence-corrected chi connectivity index (χ1v) is 9.61. The van der Waals surface area contributed by atoms with Crippen molar-refractivity contribution >= 4 is 29.0 Å². The summed E-state index contributed by atoms with van der Waals surface area (Å²) in [5, 5.41) is 3.71. The van der Waals surface area contributed by atoms with Crippen molar-refractivity contribution in [2.45, 2.75) is 12.5 Å². The van der Waals surface area contributed by atoms with Gasteiger partial charge in [0.05, 0.1) is 0 Å². The Hall–Kier alpha value is -2.37. The SMILES string of the molecule is CC1(CN2CCN(c3cccc(Cl)c3)CC2)N=C(c2ccccc2)NC1=O. The van der Waals surface area contributed by atoms with Gasteiger partial charge in [0.2, 0.25) is 0 Å². The van der Waals surface area contributed by atoms with E-state index in [1.807, 2.05) is 55.5 Å². The van der Waals surface area contributed by atoms with Gasteiger partial charge >= 0.3 is 0 Å². The van der Waals surface area contributed by atoms with Crippen LogP contribution in [0.3, 0.4) is 0 Å². The molecule has 1 fully saturated rings. The van der Waals surface area contributed by atoms with Gasteiger partial charge in [-0.2, -0.15) is 0 Å². The molecule has 2 heterocycles. The predicted molar refractivity (Wildman–Crippen MR) is 110 cm³/mol. The molecular weight excluding hydrogens is 360 g/mol. The van der Waals surface area contributed by atoms with Crippen molar-refractivity contribution in [3.63, 3.8) is 0 Å². The van der Waals surface area contributed by atoms with Gasteiger partial charge in [-0.05, 0) is 25.1 Å². The second-order valence-corrected chi connectivity index (χ2v) is 7.73. The molecule has 140 valence electrons. The Labute approximate surface area is 164 Å².